The Morgan fingerprint density at radius 3 is 2.60 bits per heavy atom. The molecule has 2 rings (SSSR count). The molecule has 0 aromatic carbocycles. The molecule has 0 radical (unpaired) electrons. The summed E-state index contributed by atoms with van der Waals surface area (Å²) in [7, 11) is 1.33. The fraction of sp³-hybridized carbons (Fsp3) is 0.643. The van der Waals surface area contributed by atoms with Crippen LogP contribution in [0.1, 0.15) is 49.1 Å². The molecule has 110 valence electrons. The number of aromatic nitrogens is 1. The van der Waals surface area contributed by atoms with E-state index in [2.05, 4.69) is 9.72 Å². The molecule has 0 N–H and O–H groups in total. The van der Waals surface area contributed by atoms with Gasteiger partial charge in [0.25, 0.3) is 0 Å². The van der Waals surface area contributed by atoms with E-state index in [1.807, 2.05) is 25.7 Å². The summed E-state index contributed by atoms with van der Waals surface area (Å²) in [5.41, 5.74) is -0.0863. The molecule has 0 bridgehead atoms. The van der Waals surface area contributed by atoms with Crippen molar-refractivity contribution in [3.05, 3.63) is 16.1 Å². The lowest BCUT2D eigenvalue weighted by Gasteiger charge is -2.28. The van der Waals surface area contributed by atoms with Gasteiger partial charge in [0.1, 0.15) is 5.01 Å². The first-order chi connectivity index (χ1) is 9.32. The highest BCUT2D eigenvalue weighted by Gasteiger charge is 2.37. The van der Waals surface area contributed by atoms with E-state index in [-0.39, 0.29) is 5.91 Å². The van der Waals surface area contributed by atoms with Gasteiger partial charge in [-0.05, 0) is 12.8 Å². The Kier molecular flexibility index (Phi) is 4.13. The van der Waals surface area contributed by atoms with Gasteiger partial charge >= 0.3 is 5.97 Å². The summed E-state index contributed by atoms with van der Waals surface area (Å²) in [6, 6.07) is 0.326. The number of thiazole rings is 1. The van der Waals surface area contributed by atoms with Crippen molar-refractivity contribution in [2.24, 2.45) is 5.41 Å². The van der Waals surface area contributed by atoms with Gasteiger partial charge in [-0.15, -0.1) is 11.3 Å². The van der Waals surface area contributed by atoms with E-state index in [0.717, 1.165) is 17.8 Å². The van der Waals surface area contributed by atoms with Crippen LogP contribution in [0.5, 0.6) is 0 Å². The largest absolute Gasteiger partial charge is 0.464 e. The highest BCUT2D eigenvalue weighted by Crippen LogP contribution is 2.32. The van der Waals surface area contributed by atoms with Crippen LogP contribution in [0.3, 0.4) is 0 Å². The van der Waals surface area contributed by atoms with E-state index in [0.29, 0.717) is 18.3 Å². The van der Waals surface area contributed by atoms with Gasteiger partial charge in [0.15, 0.2) is 5.69 Å². The first-order valence-corrected chi connectivity index (χ1v) is 7.54. The zero-order chi connectivity index (χ0) is 14.9. The maximum Gasteiger partial charge on any atom is 0.357 e. The smallest absolute Gasteiger partial charge is 0.357 e. The van der Waals surface area contributed by atoms with Crippen LogP contribution in [-0.2, 0) is 16.1 Å². The predicted octanol–water partition coefficient (Wildman–Crippen LogP) is 2.47. The molecule has 1 aliphatic carbocycles. The van der Waals surface area contributed by atoms with Crippen molar-refractivity contribution in [3.8, 4) is 0 Å². The molecule has 6 heteroatoms. The van der Waals surface area contributed by atoms with Gasteiger partial charge in [0.2, 0.25) is 5.91 Å². The monoisotopic (exact) mass is 296 g/mol. The normalized spacial score (nSPS) is 15.0. The van der Waals surface area contributed by atoms with Crippen LogP contribution >= 0.6 is 11.3 Å². The van der Waals surface area contributed by atoms with E-state index in [4.69, 9.17) is 0 Å². The zero-order valence-electron chi connectivity index (χ0n) is 12.3. The number of carbonyl (C=O) groups excluding carboxylic acids is 2. The molecule has 20 heavy (non-hydrogen) atoms. The minimum absolute atomic E-state index is 0.134. The van der Waals surface area contributed by atoms with E-state index in [1.165, 1.54) is 18.4 Å². The number of rotatable bonds is 4. The number of hydrogen-bond donors (Lipinski definition) is 0. The van der Waals surface area contributed by atoms with E-state index >= 15 is 0 Å². The third-order valence-electron chi connectivity index (χ3n) is 3.14. The molecular weight excluding hydrogens is 276 g/mol. The number of nitrogens with zero attached hydrogens (tertiary/aromatic N) is 2. The SMILES string of the molecule is COC(=O)c1csc(CN(C(=O)C(C)(C)C)C2CC2)n1. The number of methoxy groups -OCH3 is 1. The van der Waals surface area contributed by atoms with Crippen LogP contribution in [0.2, 0.25) is 0 Å². The summed E-state index contributed by atoms with van der Waals surface area (Å²) >= 11 is 1.39. The lowest BCUT2D eigenvalue weighted by Crippen LogP contribution is -2.40. The molecule has 0 saturated heterocycles. The third-order valence-corrected chi connectivity index (χ3v) is 3.98. The molecule has 1 saturated carbocycles. The molecule has 0 unspecified atom stereocenters. The fourth-order valence-corrected chi connectivity index (χ4v) is 2.67. The van der Waals surface area contributed by atoms with Crippen molar-refractivity contribution in [2.75, 3.05) is 7.11 Å². The third kappa shape index (κ3) is 3.36. The molecule has 0 atom stereocenters. The van der Waals surface area contributed by atoms with Crippen molar-refractivity contribution in [1.82, 2.24) is 9.88 Å². The van der Waals surface area contributed by atoms with Crippen LogP contribution in [-0.4, -0.2) is 34.9 Å². The highest BCUT2D eigenvalue weighted by molar-refractivity contribution is 7.09. The maximum atomic E-state index is 12.5. The quantitative estimate of drug-likeness (QED) is 0.801. The standard InChI is InChI=1S/C14H20N2O3S/c1-14(2,3)13(18)16(9-5-6-9)7-11-15-10(8-20-11)12(17)19-4/h8-9H,5-7H2,1-4H3. The van der Waals surface area contributed by atoms with Gasteiger partial charge in [-0.1, -0.05) is 20.8 Å². The molecule has 1 aromatic heterocycles. The van der Waals surface area contributed by atoms with Crippen molar-refractivity contribution in [3.63, 3.8) is 0 Å². The average Bonchev–Trinajstić information content (AvgIpc) is 3.12. The molecule has 0 spiro atoms. The molecule has 1 aliphatic rings. The summed E-state index contributed by atoms with van der Waals surface area (Å²) in [5.74, 6) is -0.303. The minimum atomic E-state index is -0.437. The van der Waals surface area contributed by atoms with Crippen LogP contribution in [0, 0.1) is 5.41 Å². The number of esters is 1. The lowest BCUT2D eigenvalue weighted by molar-refractivity contribution is -0.140. The van der Waals surface area contributed by atoms with Crippen molar-refractivity contribution >= 4 is 23.2 Å². The average molecular weight is 296 g/mol. The fourth-order valence-electron chi connectivity index (χ4n) is 1.91. The van der Waals surface area contributed by atoms with Crippen LogP contribution in [0.25, 0.3) is 0 Å². The Morgan fingerprint density at radius 1 is 1.45 bits per heavy atom. The van der Waals surface area contributed by atoms with Gasteiger partial charge in [-0.25, -0.2) is 9.78 Å². The predicted molar refractivity (Wildman–Crippen MR) is 76.5 cm³/mol. The van der Waals surface area contributed by atoms with Crippen molar-refractivity contribution in [2.45, 2.75) is 46.2 Å². The number of carbonyl (C=O) groups is 2. The van der Waals surface area contributed by atoms with E-state index < -0.39 is 11.4 Å². The Balaban J connectivity index is 2.11. The summed E-state index contributed by atoms with van der Waals surface area (Å²) < 4.78 is 4.64. The van der Waals surface area contributed by atoms with Crippen LogP contribution in [0.4, 0.5) is 0 Å². The molecule has 1 fully saturated rings. The second kappa shape index (κ2) is 5.52. The summed E-state index contributed by atoms with van der Waals surface area (Å²) in [6.45, 7) is 6.24. The van der Waals surface area contributed by atoms with Crippen LogP contribution in [0.15, 0.2) is 5.38 Å². The van der Waals surface area contributed by atoms with Gasteiger partial charge in [-0.3, -0.25) is 4.79 Å². The van der Waals surface area contributed by atoms with Crippen LogP contribution < -0.4 is 0 Å². The van der Waals surface area contributed by atoms with Crippen molar-refractivity contribution < 1.29 is 14.3 Å². The molecule has 5 nitrogen and oxygen atoms in total. The minimum Gasteiger partial charge on any atom is -0.464 e. The highest BCUT2D eigenvalue weighted by atomic mass is 32.1. The molecule has 0 aliphatic heterocycles. The molecule has 1 aromatic rings. The Morgan fingerprint density at radius 2 is 2.10 bits per heavy atom. The zero-order valence-corrected chi connectivity index (χ0v) is 13.1. The number of hydrogen-bond acceptors (Lipinski definition) is 5. The Hall–Kier alpha value is -1.43. The van der Waals surface area contributed by atoms with Gasteiger partial charge in [-0.2, -0.15) is 0 Å². The lowest BCUT2D eigenvalue weighted by atomic mass is 9.94. The summed E-state index contributed by atoms with van der Waals surface area (Å²) in [5, 5.41) is 2.45. The number of amides is 1. The molecular formula is C14H20N2O3S. The first kappa shape index (κ1) is 15.0. The van der Waals surface area contributed by atoms with E-state index in [9.17, 15) is 9.59 Å². The summed E-state index contributed by atoms with van der Waals surface area (Å²) in [4.78, 5) is 30.0. The van der Waals surface area contributed by atoms with Gasteiger partial charge in [0, 0.05) is 16.8 Å². The Bertz CT molecular complexity index is 515. The second-order valence-corrected chi connectivity index (χ2v) is 6.97. The molecule has 1 amide bonds. The van der Waals surface area contributed by atoms with E-state index in [1.54, 1.807) is 5.38 Å². The second-order valence-electron chi connectivity index (χ2n) is 6.03. The van der Waals surface area contributed by atoms with Gasteiger partial charge < -0.3 is 9.64 Å². The summed E-state index contributed by atoms with van der Waals surface area (Å²) in [6.07, 6.45) is 2.11. The maximum absolute atomic E-state index is 12.5. The van der Waals surface area contributed by atoms with Gasteiger partial charge in [0.05, 0.1) is 13.7 Å². The number of ether oxygens (including phenoxy) is 1. The molecule has 1 heterocycles. The first-order valence-electron chi connectivity index (χ1n) is 6.66. The van der Waals surface area contributed by atoms with Crippen molar-refractivity contribution in [1.29, 1.82) is 0 Å². The topological polar surface area (TPSA) is 59.5 Å². The Labute approximate surface area is 122 Å².